The fourth-order valence-corrected chi connectivity index (χ4v) is 8.55. The molecule has 0 bridgehead atoms. The number of carbonyl (C=O) groups excluding carboxylic acids is 2. The molecule has 1 aromatic heterocycles. The molecule has 266 valence electrons. The summed E-state index contributed by atoms with van der Waals surface area (Å²) in [6.45, 7) is 0. The van der Waals surface area contributed by atoms with Crippen LogP contribution in [0.1, 0.15) is 75.8 Å². The minimum Gasteiger partial charge on any atom is -0.478 e. The first-order chi connectivity index (χ1) is 24.9. The fraction of sp³-hybridized carbons (Fsp3) is 0.179. The largest absolute Gasteiger partial charge is 0.478 e. The van der Waals surface area contributed by atoms with E-state index >= 15 is 0 Å². The molecule has 0 saturated heterocycles. The van der Waals surface area contributed by atoms with Crippen LogP contribution in [0.25, 0.3) is 0 Å². The number of aromatic carboxylic acids is 2. The van der Waals surface area contributed by atoms with Gasteiger partial charge in [-0.15, -0.1) is 11.3 Å². The number of anilines is 3. The number of carbonyl (C=O) groups is 4. The van der Waals surface area contributed by atoms with E-state index in [0.717, 1.165) is 58.0 Å². The number of sulfonamides is 1. The third kappa shape index (κ3) is 7.90. The van der Waals surface area contributed by atoms with E-state index in [9.17, 15) is 32.7 Å². The van der Waals surface area contributed by atoms with Gasteiger partial charge < -0.3 is 20.8 Å². The number of carboxylic acids is 2. The molecule has 1 aliphatic rings. The molecule has 13 heteroatoms. The molecule has 0 fully saturated rings. The lowest BCUT2D eigenvalue weighted by Gasteiger charge is -2.20. The van der Waals surface area contributed by atoms with Gasteiger partial charge in [-0.3, -0.25) is 13.9 Å². The van der Waals surface area contributed by atoms with Crippen molar-refractivity contribution in [2.75, 3.05) is 22.0 Å². The Morgan fingerprint density at radius 1 is 0.712 bits per heavy atom. The molecular weight excluding hydrogens is 703 g/mol. The fourth-order valence-electron chi connectivity index (χ4n) is 6.03. The quantitative estimate of drug-likeness (QED) is 0.105. The zero-order valence-electron chi connectivity index (χ0n) is 28.1. The first-order valence-corrected chi connectivity index (χ1v) is 18.8. The van der Waals surface area contributed by atoms with Crippen molar-refractivity contribution in [1.82, 2.24) is 0 Å². The summed E-state index contributed by atoms with van der Waals surface area (Å²) in [4.78, 5) is 50.6. The maximum atomic E-state index is 13.8. The van der Waals surface area contributed by atoms with Crippen LogP contribution in [0.15, 0.2) is 102 Å². The zero-order valence-corrected chi connectivity index (χ0v) is 29.7. The molecule has 1 heterocycles. The maximum Gasteiger partial charge on any atom is 0.335 e. The molecule has 52 heavy (non-hydrogen) atoms. The van der Waals surface area contributed by atoms with Crippen molar-refractivity contribution in [2.45, 2.75) is 43.4 Å². The monoisotopic (exact) mass is 737 g/mol. The maximum absolute atomic E-state index is 13.8. The highest BCUT2D eigenvalue weighted by atomic mass is 32.2. The van der Waals surface area contributed by atoms with Gasteiger partial charge in [-0.2, -0.15) is 0 Å². The number of fused-ring (bicyclic) bond motifs is 1. The van der Waals surface area contributed by atoms with Crippen molar-refractivity contribution in [3.63, 3.8) is 0 Å². The molecule has 0 unspecified atom stereocenters. The highest BCUT2D eigenvalue weighted by molar-refractivity contribution is 7.92. The van der Waals surface area contributed by atoms with Crippen LogP contribution in [0.4, 0.5) is 16.4 Å². The first kappa shape index (κ1) is 36.0. The third-order valence-corrected chi connectivity index (χ3v) is 12.0. The number of carboxylic acid groups (broad SMARTS) is 2. The summed E-state index contributed by atoms with van der Waals surface area (Å²) in [5.41, 5.74) is 4.56. The van der Waals surface area contributed by atoms with Crippen LogP contribution >= 0.6 is 11.3 Å². The Kier molecular flexibility index (Phi) is 10.5. The predicted octanol–water partition coefficient (Wildman–Crippen LogP) is 7.14. The van der Waals surface area contributed by atoms with Crippen LogP contribution in [0.5, 0.6) is 0 Å². The molecule has 0 atom stereocenters. The minimum absolute atomic E-state index is 0.0187. The number of aryl methyl sites for hydroxylation is 3. The topological polar surface area (TPSA) is 170 Å². The van der Waals surface area contributed by atoms with Crippen molar-refractivity contribution in [3.8, 4) is 0 Å². The molecule has 4 aromatic carbocycles. The molecule has 4 N–H and O–H groups in total. The van der Waals surface area contributed by atoms with Gasteiger partial charge >= 0.3 is 11.9 Å². The number of thiophene rings is 1. The second kappa shape index (κ2) is 15.2. The van der Waals surface area contributed by atoms with Gasteiger partial charge in [0, 0.05) is 23.2 Å². The summed E-state index contributed by atoms with van der Waals surface area (Å²) in [6, 6.07) is 25.3. The second-order valence-electron chi connectivity index (χ2n) is 12.4. The van der Waals surface area contributed by atoms with Gasteiger partial charge in [-0.05, 0) is 122 Å². The molecule has 6 rings (SSSR count). The van der Waals surface area contributed by atoms with Crippen LogP contribution < -0.4 is 14.9 Å². The molecule has 5 aromatic rings. The number of rotatable bonds is 12. The Hall–Kier alpha value is -5.79. The number of nitrogens with zero attached hydrogens (tertiary/aromatic N) is 1. The summed E-state index contributed by atoms with van der Waals surface area (Å²) >= 11 is 1.35. The predicted molar refractivity (Wildman–Crippen MR) is 200 cm³/mol. The van der Waals surface area contributed by atoms with Gasteiger partial charge in [0.25, 0.3) is 21.8 Å². The van der Waals surface area contributed by atoms with E-state index in [1.165, 1.54) is 66.9 Å². The lowest BCUT2D eigenvalue weighted by Crippen LogP contribution is -2.27. The number of hydrogen-bond donors (Lipinski definition) is 4. The molecule has 0 radical (unpaired) electrons. The third-order valence-electron chi connectivity index (χ3n) is 8.97. The van der Waals surface area contributed by atoms with Gasteiger partial charge in [0.15, 0.2) is 0 Å². The van der Waals surface area contributed by atoms with Crippen molar-refractivity contribution < 1.29 is 37.8 Å². The highest BCUT2D eigenvalue weighted by Crippen LogP contribution is 2.39. The van der Waals surface area contributed by atoms with Crippen LogP contribution in [0.3, 0.4) is 0 Å². The van der Waals surface area contributed by atoms with E-state index in [4.69, 9.17) is 5.11 Å². The average molecular weight is 738 g/mol. The molecular formula is C39H35N3O8S2. The standard InChI is InChI=1S/C39H35N3O8S2/c1-42(30-21-17-27(18-22-30)39(47)48)52(49,50)31-6-4-5-28(23-31)35(43)41-37-34(32-7-2-3-8-33(32)51-37)36(44)40-29-19-13-25(14-20-29)10-9-24-11-15-26(16-12-24)38(45)46/h4-6,11-23H,2-3,7-10H2,1H3,(H,40,44)(H,41,43)(H,45,46)(H,47,48). The number of nitrogens with one attached hydrogen (secondary N) is 2. The first-order valence-electron chi connectivity index (χ1n) is 16.5. The Balaban J connectivity index is 1.16. The van der Waals surface area contributed by atoms with E-state index in [1.807, 2.05) is 24.3 Å². The van der Waals surface area contributed by atoms with Crippen molar-refractivity contribution in [2.24, 2.45) is 0 Å². The lowest BCUT2D eigenvalue weighted by molar-refractivity contribution is 0.0686. The Labute approximate surface area is 304 Å². The zero-order chi connectivity index (χ0) is 37.0. The molecule has 11 nitrogen and oxygen atoms in total. The van der Waals surface area contributed by atoms with Crippen molar-refractivity contribution in [3.05, 3.63) is 141 Å². The van der Waals surface area contributed by atoms with Crippen molar-refractivity contribution in [1.29, 1.82) is 0 Å². The molecule has 2 amide bonds. The highest BCUT2D eigenvalue weighted by Gasteiger charge is 2.28. The molecule has 1 aliphatic carbocycles. The van der Waals surface area contributed by atoms with Crippen molar-refractivity contribution >= 4 is 61.5 Å². The second-order valence-corrected chi connectivity index (χ2v) is 15.4. The summed E-state index contributed by atoms with van der Waals surface area (Å²) in [7, 11) is -2.77. The van der Waals surface area contributed by atoms with E-state index in [-0.39, 0.29) is 33.2 Å². The Bertz CT molecular complexity index is 2260. The van der Waals surface area contributed by atoms with E-state index in [1.54, 1.807) is 24.3 Å². The SMILES string of the molecule is CN(c1ccc(C(=O)O)cc1)S(=O)(=O)c1cccc(C(=O)Nc2sc3c(c2C(=O)Nc2ccc(CCc4ccc(C(=O)O)cc4)cc2)CCCC3)c1. The number of hydrogen-bond acceptors (Lipinski definition) is 7. The Morgan fingerprint density at radius 2 is 1.29 bits per heavy atom. The van der Waals surface area contributed by atoms with E-state index in [0.29, 0.717) is 22.7 Å². The van der Waals surface area contributed by atoms with Gasteiger partial charge in [0.1, 0.15) is 5.00 Å². The number of benzene rings is 4. The van der Waals surface area contributed by atoms with Crippen LogP contribution in [0.2, 0.25) is 0 Å². The van der Waals surface area contributed by atoms with Crippen LogP contribution in [0, 0.1) is 0 Å². The van der Waals surface area contributed by atoms with E-state index in [2.05, 4.69) is 10.6 Å². The van der Waals surface area contributed by atoms with Crippen LogP contribution in [-0.4, -0.2) is 49.4 Å². The van der Waals surface area contributed by atoms with Gasteiger partial charge in [0.05, 0.1) is 27.3 Å². The average Bonchev–Trinajstić information content (AvgIpc) is 3.52. The van der Waals surface area contributed by atoms with Gasteiger partial charge in [-0.25, -0.2) is 18.0 Å². The molecule has 0 spiro atoms. The lowest BCUT2D eigenvalue weighted by atomic mass is 9.95. The van der Waals surface area contributed by atoms with Gasteiger partial charge in [-0.1, -0.05) is 30.3 Å². The van der Waals surface area contributed by atoms with Gasteiger partial charge in [0.2, 0.25) is 0 Å². The summed E-state index contributed by atoms with van der Waals surface area (Å²) in [5.74, 6) is -3.02. The Morgan fingerprint density at radius 3 is 1.90 bits per heavy atom. The minimum atomic E-state index is -4.11. The smallest absolute Gasteiger partial charge is 0.335 e. The molecule has 0 aliphatic heterocycles. The van der Waals surface area contributed by atoms with Crippen LogP contribution in [-0.2, 0) is 35.7 Å². The summed E-state index contributed by atoms with van der Waals surface area (Å²) < 4.78 is 28.0. The summed E-state index contributed by atoms with van der Waals surface area (Å²) in [6.07, 6.45) is 4.83. The van der Waals surface area contributed by atoms with E-state index < -0.39 is 27.9 Å². The number of amides is 2. The summed E-state index contributed by atoms with van der Waals surface area (Å²) in [5, 5.41) is 24.5. The molecule has 0 saturated carbocycles. The normalized spacial score (nSPS) is 12.4.